The van der Waals surface area contributed by atoms with Crippen LogP contribution < -0.4 is 10.6 Å². The second-order valence-corrected chi connectivity index (χ2v) is 9.32. The highest BCUT2D eigenvalue weighted by atomic mass is 32.1. The number of nitrogens with zero attached hydrogens (tertiary/aromatic N) is 2. The lowest BCUT2D eigenvalue weighted by Gasteiger charge is -2.09. The molecule has 2 heterocycles. The van der Waals surface area contributed by atoms with Gasteiger partial charge in [-0.25, -0.2) is 4.79 Å². The van der Waals surface area contributed by atoms with Crippen molar-refractivity contribution in [1.29, 1.82) is 0 Å². The number of ether oxygens (including phenoxy) is 1. The van der Waals surface area contributed by atoms with Gasteiger partial charge in [0.25, 0.3) is 0 Å². The van der Waals surface area contributed by atoms with Gasteiger partial charge in [0.2, 0.25) is 0 Å². The van der Waals surface area contributed by atoms with Crippen LogP contribution in [0.5, 0.6) is 0 Å². The summed E-state index contributed by atoms with van der Waals surface area (Å²) in [4.78, 5) is 13.3. The largest absolute Gasteiger partial charge is 0.465 e. The third kappa shape index (κ3) is 5.08. The molecular formula is C27H22N4O2S2. The lowest BCUT2D eigenvalue weighted by Crippen LogP contribution is -2.19. The molecule has 5 rings (SSSR count). The van der Waals surface area contributed by atoms with Gasteiger partial charge in [-0.1, -0.05) is 72.8 Å². The first-order chi connectivity index (χ1) is 17.1. The highest BCUT2D eigenvalue weighted by Gasteiger charge is 2.18. The Kier molecular flexibility index (Phi) is 6.56. The number of aromatic nitrogens is 2. The summed E-state index contributed by atoms with van der Waals surface area (Å²) in [6, 6.07) is 26.3. The zero-order valence-corrected chi connectivity index (χ0v) is 20.5. The number of carbonyl (C=O) groups is 1. The van der Waals surface area contributed by atoms with E-state index in [1.54, 1.807) is 6.20 Å². The summed E-state index contributed by atoms with van der Waals surface area (Å²) in [5, 5.41) is 14.2. The number of carbonyl (C=O) groups excluding carboxylic acids is 1. The molecule has 0 aliphatic carbocycles. The van der Waals surface area contributed by atoms with Crippen molar-refractivity contribution in [3.05, 3.63) is 102 Å². The average molecular weight is 499 g/mol. The minimum absolute atomic E-state index is 0.362. The smallest absolute Gasteiger partial charge is 0.340 e. The Morgan fingerprint density at radius 3 is 2.63 bits per heavy atom. The van der Waals surface area contributed by atoms with E-state index < -0.39 is 5.97 Å². The van der Waals surface area contributed by atoms with Crippen LogP contribution in [0, 0.1) is 0 Å². The van der Waals surface area contributed by atoms with Gasteiger partial charge in [0.15, 0.2) is 5.11 Å². The van der Waals surface area contributed by atoms with Crippen LogP contribution >= 0.6 is 23.6 Å². The number of methoxy groups -OCH3 is 1. The minimum Gasteiger partial charge on any atom is -0.465 e. The predicted molar refractivity (Wildman–Crippen MR) is 146 cm³/mol. The van der Waals surface area contributed by atoms with Crippen LogP contribution in [0.1, 0.15) is 15.9 Å². The highest BCUT2D eigenvalue weighted by molar-refractivity contribution is 7.80. The zero-order chi connectivity index (χ0) is 24.2. The van der Waals surface area contributed by atoms with Gasteiger partial charge < -0.3 is 15.4 Å². The molecule has 6 nitrogen and oxygen atoms in total. The molecule has 0 aliphatic rings. The van der Waals surface area contributed by atoms with Crippen molar-refractivity contribution in [2.24, 2.45) is 0 Å². The van der Waals surface area contributed by atoms with Gasteiger partial charge in [-0.3, -0.25) is 4.68 Å². The molecule has 2 N–H and O–H groups in total. The Morgan fingerprint density at radius 1 is 1.03 bits per heavy atom. The lowest BCUT2D eigenvalue weighted by atomic mass is 10.0. The normalized spacial score (nSPS) is 10.8. The molecule has 0 fully saturated rings. The Hall–Kier alpha value is -4.01. The first-order valence-corrected chi connectivity index (χ1v) is 12.2. The summed E-state index contributed by atoms with van der Waals surface area (Å²) in [6.07, 6.45) is 3.63. The molecule has 0 saturated carbocycles. The first kappa shape index (κ1) is 22.8. The van der Waals surface area contributed by atoms with E-state index in [9.17, 15) is 4.79 Å². The molecule has 174 valence electrons. The molecule has 0 radical (unpaired) electrons. The Labute approximate surface area is 212 Å². The zero-order valence-electron chi connectivity index (χ0n) is 18.9. The second kappa shape index (κ2) is 10.1. The molecule has 0 saturated heterocycles. The monoisotopic (exact) mass is 498 g/mol. The van der Waals surface area contributed by atoms with Gasteiger partial charge in [0.1, 0.15) is 5.00 Å². The van der Waals surface area contributed by atoms with E-state index in [1.807, 2.05) is 59.4 Å². The molecule has 5 aromatic rings. The van der Waals surface area contributed by atoms with Gasteiger partial charge in [-0.2, -0.15) is 5.10 Å². The molecule has 0 atom stereocenters. The van der Waals surface area contributed by atoms with Crippen LogP contribution in [0.25, 0.3) is 21.2 Å². The standard InChI is InChI=1S/C27H22N4O2S2/c1-33-26(32)23-14-24(19-9-3-2-4-10-19)35-25(23)30-27(34)29-21-15-28-31(17-21)16-20-12-7-11-18-8-5-6-13-22(18)20/h2-15,17H,16H2,1H3,(H2,29,30,34). The number of anilines is 2. The van der Waals surface area contributed by atoms with Crippen molar-refractivity contribution in [2.45, 2.75) is 6.54 Å². The average Bonchev–Trinajstić information content (AvgIpc) is 3.51. The van der Waals surface area contributed by atoms with E-state index in [2.05, 4.69) is 46.1 Å². The maximum atomic E-state index is 12.4. The minimum atomic E-state index is -0.420. The van der Waals surface area contributed by atoms with Crippen molar-refractivity contribution in [3.8, 4) is 10.4 Å². The third-order valence-corrected chi connectivity index (χ3v) is 6.83. The molecule has 0 aliphatic heterocycles. The summed E-state index contributed by atoms with van der Waals surface area (Å²) < 4.78 is 6.83. The second-order valence-electron chi connectivity index (χ2n) is 7.86. The maximum absolute atomic E-state index is 12.4. The molecule has 0 bridgehead atoms. The molecule has 8 heteroatoms. The van der Waals surface area contributed by atoms with Gasteiger partial charge in [0.05, 0.1) is 31.1 Å². The molecule has 0 amide bonds. The molecular weight excluding hydrogens is 476 g/mol. The SMILES string of the molecule is COC(=O)c1cc(-c2ccccc2)sc1NC(=S)Nc1cnn(Cc2cccc3ccccc23)c1. The van der Waals surface area contributed by atoms with Crippen molar-refractivity contribution in [1.82, 2.24) is 9.78 Å². The van der Waals surface area contributed by atoms with E-state index in [-0.39, 0.29) is 0 Å². The summed E-state index contributed by atoms with van der Waals surface area (Å²) in [6.45, 7) is 0.640. The van der Waals surface area contributed by atoms with Crippen LogP contribution in [0.4, 0.5) is 10.7 Å². The van der Waals surface area contributed by atoms with Gasteiger partial charge >= 0.3 is 5.97 Å². The van der Waals surface area contributed by atoms with E-state index in [1.165, 1.54) is 34.8 Å². The van der Waals surface area contributed by atoms with Crippen LogP contribution in [0.15, 0.2) is 91.3 Å². The van der Waals surface area contributed by atoms with Crippen molar-refractivity contribution in [2.75, 3.05) is 17.7 Å². The molecule has 0 spiro atoms. The predicted octanol–water partition coefficient (Wildman–Crippen LogP) is 6.41. The summed E-state index contributed by atoms with van der Waals surface area (Å²) in [7, 11) is 1.37. The number of rotatable bonds is 6. The Balaban J connectivity index is 1.30. The summed E-state index contributed by atoms with van der Waals surface area (Å²) in [5.41, 5.74) is 3.40. The molecule has 3 aromatic carbocycles. The van der Waals surface area contributed by atoms with Gasteiger partial charge in [-0.15, -0.1) is 11.3 Å². The summed E-state index contributed by atoms with van der Waals surface area (Å²) in [5.74, 6) is -0.420. The van der Waals surface area contributed by atoms with E-state index in [0.29, 0.717) is 22.2 Å². The maximum Gasteiger partial charge on any atom is 0.340 e. The molecule has 0 unspecified atom stereocenters. The topological polar surface area (TPSA) is 68.2 Å². The fourth-order valence-electron chi connectivity index (χ4n) is 3.88. The van der Waals surface area contributed by atoms with E-state index in [0.717, 1.165) is 16.1 Å². The van der Waals surface area contributed by atoms with E-state index >= 15 is 0 Å². The quantitative estimate of drug-likeness (QED) is 0.208. The van der Waals surface area contributed by atoms with E-state index in [4.69, 9.17) is 17.0 Å². The van der Waals surface area contributed by atoms with Crippen molar-refractivity contribution in [3.63, 3.8) is 0 Å². The van der Waals surface area contributed by atoms with Crippen LogP contribution in [0.2, 0.25) is 0 Å². The van der Waals surface area contributed by atoms with Gasteiger partial charge in [0, 0.05) is 11.1 Å². The lowest BCUT2D eigenvalue weighted by molar-refractivity contribution is 0.0602. The fourth-order valence-corrected chi connectivity index (χ4v) is 5.22. The number of benzene rings is 3. The number of hydrogen-bond donors (Lipinski definition) is 2. The number of fused-ring (bicyclic) bond motifs is 1. The Morgan fingerprint density at radius 2 is 1.80 bits per heavy atom. The third-order valence-electron chi connectivity index (χ3n) is 5.53. The molecule has 2 aromatic heterocycles. The number of hydrogen-bond acceptors (Lipinski definition) is 5. The van der Waals surface area contributed by atoms with Gasteiger partial charge in [-0.05, 0) is 40.2 Å². The van der Waals surface area contributed by atoms with Crippen LogP contribution in [0.3, 0.4) is 0 Å². The number of nitrogens with one attached hydrogen (secondary N) is 2. The van der Waals surface area contributed by atoms with Crippen LogP contribution in [-0.4, -0.2) is 28.0 Å². The fraction of sp³-hybridized carbons (Fsp3) is 0.0741. The highest BCUT2D eigenvalue weighted by Crippen LogP contribution is 2.36. The summed E-state index contributed by atoms with van der Waals surface area (Å²) >= 11 is 6.97. The van der Waals surface area contributed by atoms with Crippen molar-refractivity contribution < 1.29 is 9.53 Å². The molecule has 35 heavy (non-hydrogen) atoms. The number of esters is 1. The number of thiocarbonyl (C=S) groups is 1. The van der Waals surface area contributed by atoms with Crippen LogP contribution in [-0.2, 0) is 11.3 Å². The first-order valence-electron chi connectivity index (χ1n) is 11.0. The number of thiophene rings is 1. The Bertz CT molecular complexity index is 1500. The van der Waals surface area contributed by atoms with Crippen molar-refractivity contribution >= 4 is 56.1 Å².